The van der Waals surface area contributed by atoms with Gasteiger partial charge in [-0.2, -0.15) is 0 Å². The van der Waals surface area contributed by atoms with Gasteiger partial charge in [0.15, 0.2) is 0 Å². The normalized spacial score (nSPS) is 24.7. The van der Waals surface area contributed by atoms with E-state index in [2.05, 4.69) is 63.1 Å². The van der Waals surface area contributed by atoms with Gasteiger partial charge in [-0.3, -0.25) is 9.78 Å². The number of amides is 1. The number of carbonyl (C=O) groups excluding carboxylic acids is 1. The Kier molecular flexibility index (Phi) is 8.06. The number of pyridine rings is 2. The number of fused-ring (bicyclic) bond motifs is 1. The van der Waals surface area contributed by atoms with Crippen LogP contribution in [0.15, 0.2) is 54.9 Å². The number of nitrogens with zero attached hydrogens (tertiary/aromatic N) is 5. The zero-order valence-electron chi connectivity index (χ0n) is 24.7. The van der Waals surface area contributed by atoms with Gasteiger partial charge in [0.2, 0.25) is 11.9 Å². The van der Waals surface area contributed by atoms with Crippen LogP contribution >= 0.6 is 11.6 Å². The van der Waals surface area contributed by atoms with Gasteiger partial charge in [-0.25, -0.2) is 9.97 Å². The lowest BCUT2D eigenvalue weighted by Gasteiger charge is -2.37. The van der Waals surface area contributed by atoms with Crippen molar-refractivity contribution in [1.29, 1.82) is 0 Å². The highest BCUT2D eigenvalue weighted by Crippen LogP contribution is 2.39. The van der Waals surface area contributed by atoms with E-state index >= 15 is 0 Å². The zero-order valence-corrected chi connectivity index (χ0v) is 25.5. The second-order valence-corrected chi connectivity index (χ2v) is 12.9. The molecule has 2 atom stereocenters. The number of hydrogen-bond donors (Lipinski definition) is 1. The second-order valence-electron chi connectivity index (χ2n) is 12.5. The van der Waals surface area contributed by atoms with Gasteiger partial charge in [-0.05, 0) is 55.2 Å². The quantitative estimate of drug-likeness (QED) is 0.260. The molecule has 1 unspecified atom stereocenters. The fourth-order valence-corrected chi connectivity index (χ4v) is 7.24. The SMILES string of the molecule is CC1CCC(Cn2c(N3CCOC[C@H]3c3ccccc3)nc3cc(C4CCCC(=O)N4)nc(-c4cncc(Cl)c4)c32)CC1. The van der Waals surface area contributed by atoms with Gasteiger partial charge in [0.05, 0.1) is 52.7 Å². The number of anilines is 1. The summed E-state index contributed by atoms with van der Waals surface area (Å²) in [5.74, 6) is 2.36. The number of benzene rings is 1. The van der Waals surface area contributed by atoms with Crippen LogP contribution < -0.4 is 10.2 Å². The molecule has 1 amide bonds. The van der Waals surface area contributed by atoms with Crippen LogP contribution in [0, 0.1) is 11.8 Å². The molecule has 5 heterocycles. The number of aromatic nitrogens is 4. The molecule has 1 N–H and O–H groups in total. The minimum atomic E-state index is -0.148. The topological polar surface area (TPSA) is 85.2 Å². The maximum atomic E-state index is 12.4. The van der Waals surface area contributed by atoms with E-state index < -0.39 is 0 Å². The Morgan fingerprint density at radius 3 is 2.67 bits per heavy atom. The summed E-state index contributed by atoms with van der Waals surface area (Å²) < 4.78 is 8.44. The Hall–Kier alpha value is -3.49. The number of nitrogens with one attached hydrogen (secondary N) is 1. The highest BCUT2D eigenvalue weighted by Gasteiger charge is 2.32. The second kappa shape index (κ2) is 12.2. The summed E-state index contributed by atoms with van der Waals surface area (Å²) in [6, 6.07) is 14.5. The van der Waals surface area contributed by atoms with E-state index in [0.717, 1.165) is 65.8 Å². The molecule has 1 aromatic carbocycles. The van der Waals surface area contributed by atoms with Gasteiger partial charge < -0.3 is 19.5 Å². The van der Waals surface area contributed by atoms with Crippen molar-refractivity contribution >= 4 is 34.5 Å². The molecule has 2 aliphatic heterocycles. The molecular formula is C34H39ClN6O2. The van der Waals surface area contributed by atoms with Gasteiger partial charge >= 0.3 is 0 Å². The zero-order chi connectivity index (χ0) is 29.3. The van der Waals surface area contributed by atoms with Crippen molar-refractivity contribution in [1.82, 2.24) is 24.8 Å². The Balaban J connectivity index is 1.42. The molecule has 7 rings (SSSR count). The first-order valence-corrected chi connectivity index (χ1v) is 16.1. The molecule has 3 fully saturated rings. The molecule has 9 heteroatoms. The van der Waals surface area contributed by atoms with E-state index in [1.165, 1.54) is 31.2 Å². The van der Waals surface area contributed by atoms with Crippen molar-refractivity contribution in [3.8, 4) is 11.3 Å². The molecule has 2 saturated heterocycles. The third-order valence-corrected chi connectivity index (χ3v) is 9.64. The van der Waals surface area contributed by atoms with Crippen LogP contribution in [0.2, 0.25) is 5.02 Å². The van der Waals surface area contributed by atoms with Gasteiger partial charge in [-0.1, -0.05) is 61.7 Å². The average Bonchev–Trinajstić information content (AvgIpc) is 3.40. The molecular weight excluding hydrogens is 560 g/mol. The van der Waals surface area contributed by atoms with Crippen LogP contribution in [0.25, 0.3) is 22.3 Å². The Morgan fingerprint density at radius 2 is 1.88 bits per heavy atom. The van der Waals surface area contributed by atoms with E-state index in [9.17, 15) is 4.79 Å². The van der Waals surface area contributed by atoms with Crippen molar-refractivity contribution in [3.05, 3.63) is 71.1 Å². The third kappa shape index (κ3) is 5.87. The van der Waals surface area contributed by atoms with Crippen LogP contribution in [-0.2, 0) is 16.1 Å². The first-order valence-electron chi connectivity index (χ1n) is 15.7. The molecule has 3 aliphatic rings. The van der Waals surface area contributed by atoms with E-state index in [-0.39, 0.29) is 18.0 Å². The lowest BCUT2D eigenvalue weighted by Crippen LogP contribution is -2.41. The molecule has 0 bridgehead atoms. The number of halogens is 1. The molecule has 1 aliphatic carbocycles. The highest BCUT2D eigenvalue weighted by atomic mass is 35.5. The largest absolute Gasteiger partial charge is 0.377 e. The molecule has 4 aromatic rings. The highest BCUT2D eigenvalue weighted by molar-refractivity contribution is 6.30. The van der Waals surface area contributed by atoms with E-state index in [0.29, 0.717) is 30.6 Å². The minimum Gasteiger partial charge on any atom is -0.377 e. The molecule has 43 heavy (non-hydrogen) atoms. The summed E-state index contributed by atoms with van der Waals surface area (Å²) in [6.45, 7) is 5.25. The van der Waals surface area contributed by atoms with E-state index in [1.54, 1.807) is 6.20 Å². The summed E-state index contributed by atoms with van der Waals surface area (Å²) in [6.07, 6.45) is 10.7. The van der Waals surface area contributed by atoms with Crippen molar-refractivity contribution in [3.63, 3.8) is 0 Å². The minimum absolute atomic E-state index is 0.0539. The van der Waals surface area contributed by atoms with Crippen molar-refractivity contribution in [2.24, 2.45) is 11.8 Å². The van der Waals surface area contributed by atoms with Crippen molar-refractivity contribution in [2.75, 3.05) is 24.7 Å². The number of morpholine rings is 1. The summed E-state index contributed by atoms with van der Waals surface area (Å²) in [5.41, 5.74) is 5.61. The van der Waals surface area contributed by atoms with Crippen LogP contribution in [0.4, 0.5) is 5.95 Å². The number of rotatable bonds is 6. The summed E-state index contributed by atoms with van der Waals surface area (Å²) >= 11 is 6.48. The molecule has 0 spiro atoms. The Bertz CT molecular complexity index is 1600. The Morgan fingerprint density at radius 1 is 1.05 bits per heavy atom. The number of ether oxygens (including phenoxy) is 1. The molecule has 3 aromatic heterocycles. The van der Waals surface area contributed by atoms with Gasteiger partial charge in [0.1, 0.15) is 0 Å². The number of hydrogen-bond acceptors (Lipinski definition) is 6. The monoisotopic (exact) mass is 598 g/mol. The first-order chi connectivity index (χ1) is 21.0. The van der Waals surface area contributed by atoms with Gasteiger partial charge in [0, 0.05) is 37.5 Å². The van der Waals surface area contributed by atoms with Crippen molar-refractivity contribution in [2.45, 2.75) is 70.5 Å². The fraction of sp³-hybridized carbons (Fsp3) is 0.471. The molecule has 224 valence electrons. The molecule has 8 nitrogen and oxygen atoms in total. The van der Waals surface area contributed by atoms with E-state index in [4.69, 9.17) is 26.3 Å². The van der Waals surface area contributed by atoms with Crippen LogP contribution in [0.1, 0.15) is 75.2 Å². The average molecular weight is 599 g/mol. The molecule has 1 saturated carbocycles. The van der Waals surface area contributed by atoms with E-state index in [1.807, 2.05) is 12.3 Å². The summed E-state index contributed by atoms with van der Waals surface area (Å²) in [4.78, 5) is 29.9. The Labute approximate surface area is 257 Å². The smallest absolute Gasteiger partial charge is 0.220 e. The number of piperidine rings is 1. The summed E-state index contributed by atoms with van der Waals surface area (Å²) in [5, 5.41) is 3.73. The third-order valence-electron chi connectivity index (χ3n) is 9.44. The predicted molar refractivity (Wildman–Crippen MR) is 169 cm³/mol. The standard InChI is InChI=1S/C34H39ClN6O2/c1-22-10-12-23(13-11-22)20-41-33-29(39-34(41)40-14-15-43-21-30(40)24-6-3-2-4-7-24)17-28(27-8-5-9-31(42)37-27)38-32(33)25-16-26(35)19-36-18-25/h2-4,6-7,16-19,22-23,27,30H,5,8-15,20-21H2,1H3,(H,37,42)/t22?,23?,27?,30-/m0/s1. The van der Waals surface area contributed by atoms with Gasteiger partial charge in [-0.15, -0.1) is 0 Å². The predicted octanol–water partition coefficient (Wildman–Crippen LogP) is 6.89. The maximum Gasteiger partial charge on any atom is 0.220 e. The van der Waals surface area contributed by atoms with Crippen LogP contribution in [-0.4, -0.2) is 45.2 Å². The maximum absolute atomic E-state index is 12.4. The van der Waals surface area contributed by atoms with Crippen LogP contribution in [0.3, 0.4) is 0 Å². The van der Waals surface area contributed by atoms with Crippen molar-refractivity contribution < 1.29 is 9.53 Å². The lowest BCUT2D eigenvalue weighted by atomic mass is 9.83. The summed E-state index contributed by atoms with van der Waals surface area (Å²) in [7, 11) is 0. The number of carbonyl (C=O) groups is 1. The lowest BCUT2D eigenvalue weighted by molar-refractivity contribution is -0.123. The van der Waals surface area contributed by atoms with Crippen LogP contribution in [0.5, 0.6) is 0 Å². The van der Waals surface area contributed by atoms with Gasteiger partial charge in [0.25, 0.3) is 0 Å². The number of imidazole rings is 1. The molecule has 0 radical (unpaired) electrons. The fourth-order valence-electron chi connectivity index (χ4n) is 7.07. The first kappa shape index (κ1) is 28.3.